The molecule has 0 radical (unpaired) electrons. The summed E-state index contributed by atoms with van der Waals surface area (Å²) in [5.74, 6) is 0.969. The summed E-state index contributed by atoms with van der Waals surface area (Å²) in [6.45, 7) is 4.17. The molecular weight excluding hydrogens is 280 g/mol. The van der Waals surface area contributed by atoms with Crippen LogP contribution in [0.2, 0.25) is 0 Å². The standard InChI is InChI=1S/C17H18N2OS/c1-3-15(17-5-4-10-20-17)19-14-8-6-13(7-9-14)16-11-21-12(2)18-16/h4-11,15,19H,3H2,1-2H3. The van der Waals surface area contributed by atoms with Gasteiger partial charge >= 0.3 is 0 Å². The normalized spacial score (nSPS) is 12.3. The number of rotatable bonds is 5. The molecule has 0 aliphatic heterocycles. The number of hydrogen-bond donors (Lipinski definition) is 1. The van der Waals surface area contributed by atoms with Crippen LogP contribution in [0.5, 0.6) is 0 Å². The number of thiazole rings is 1. The molecule has 3 nitrogen and oxygen atoms in total. The molecule has 0 saturated carbocycles. The third kappa shape index (κ3) is 3.16. The highest BCUT2D eigenvalue weighted by molar-refractivity contribution is 7.09. The van der Waals surface area contributed by atoms with Crippen LogP contribution in [0.4, 0.5) is 5.69 Å². The maximum atomic E-state index is 5.48. The first-order valence-corrected chi connectivity index (χ1v) is 7.96. The number of hydrogen-bond acceptors (Lipinski definition) is 4. The second-order valence-electron chi connectivity index (χ2n) is 4.95. The summed E-state index contributed by atoms with van der Waals surface area (Å²) in [6.07, 6.45) is 2.69. The van der Waals surface area contributed by atoms with Gasteiger partial charge in [-0.2, -0.15) is 0 Å². The molecule has 0 aliphatic rings. The molecule has 1 aromatic carbocycles. The highest BCUT2D eigenvalue weighted by Gasteiger charge is 2.11. The molecule has 1 atom stereocenters. The summed E-state index contributed by atoms with van der Waals surface area (Å²) in [7, 11) is 0. The lowest BCUT2D eigenvalue weighted by Crippen LogP contribution is -2.08. The number of aromatic nitrogens is 1. The monoisotopic (exact) mass is 298 g/mol. The first-order chi connectivity index (χ1) is 10.3. The number of aryl methyl sites for hydroxylation is 1. The Bertz CT molecular complexity index is 686. The number of benzene rings is 1. The van der Waals surface area contributed by atoms with Gasteiger partial charge in [-0.25, -0.2) is 4.98 Å². The van der Waals surface area contributed by atoms with E-state index >= 15 is 0 Å². The predicted molar refractivity (Wildman–Crippen MR) is 87.6 cm³/mol. The Hall–Kier alpha value is -2.07. The van der Waals surface area contributed by atoms with Crippen LogP contribution in [0.3, 0.4) is 0 Å². The lowest BCUT2D eigenvalue weighted by molar-refractivity contribution is 0.474. The van der Waals surface area contributed by atoms with E-state index in [-0.39, 0.29) is 6.04 Å². The quantitative estimate of drug-likeness (QED) is 0.697. The van der Waals surface area contributed by atoms with Gasteiger partial charge in [-0.1, -0.05) is 19.1 Å². The largest absolute Gasteiger partial charge is 0.467 e. The molecule has 108 valence electrons. The van der Waals surface area contributed by atoms with E-state index in [4.69, 9.17) is 4.42 Å². The lowest BCUT2D eigenvalue weighted by Gasteiger charge is -2.16. The Morgan fingerprint density at radius 1 is 1.24 bits per heavy atom. The van der Waals surface area contributed by atoms with Crippen molar-refractivity contribution in [2.24, 2.45) is 0 Å². The van der Waals surface area contributed by atoms with E-state index < -0.39 is 0 Å². The summed E-state index contributed by atoms with van der Waals surface area (Å²) >= 11 is 1.68. The van der Waals surface area contributed by atoms with Gasteiger partial charge in [0.2, 0.25) is 0 Å². The summed E-state index contributed by atoms with van der Waals surface area (Å²) in [5.41, 5.74) is 3.28. The second kappa shape index (κ2) is 6.14. The van der Waals surface area contributed by atoms with E-state index in [1.807, 2.05) is 19.1 Å². The Morgan fingerprint density at radius 3 is 2.62 bits per heavy atom. The average Bonchev–Trinajstić information content (AvgIpc) is 3.17. The van der Waals surface area contributed by atoms with E-state index in [0.717, 1.165) is 34.1 Å². The first-order valence-electron chi connectivity index (χ1n) is 7.08. The van der Waals surface area contributed by atoms with Gasteiger partial charge in [0, 0.05) is 16.6 Å². The van der Waals surface area contributed by atoms with Crippen LogP contribution in [-0.2, 0) is 0 Å². The van der Waals surface area contributed by atoms with Crippen molar-refractivity contribution in [3.8, 4) is 11.3 Å². The van der Waals surface area contributed by atoms with Gasteiger partial charge < -0.3 is 9.73 Å². The van der Waals surface area contributed by atoms with E-state index in [9.17, 15) is 0 Å². The Balaban J connectivity index is 1.75. The first kappa shape index (κ1) is 13.9. The minimum atomic E-state index is 0.201. The van der Waals surface area contributed by atoms with E-state index in [1.165, 1.54) is 0 Å². The molecule has 1 unspecified atom stereocenters. The highest BCUT2D eigenvalue weighted by atomic mass is 32.1. The van der Waals surface area contributed by atoms with Gasteiger partial charge in [0.25, 0.3) is 0 Å². The molecule has 3 rings (SSSR count). The second-order valence-corrected chi connectivity index (χ2v) is 6.01. The Morgan fingerprint density at radius 2 is 2.05 bits per heavy atom. The van der Waals surface area contributed by atoms with Gasteiger partial charge in [-0.05, 0) is 37.6 Å². The number of nitrogens with one attached hydrogen (secondary N) is 1. The van der Waals surface area contributed by atoms with Crippen molar-refractivity contribution < 1.29 is 4.42 Å². The zero-order valence-corrected chi connectivity index (χ0v) is 13.0. The van der Waals surface area contributed by atoms with Crippen LogP contribution in [0.1, 0.15) is 30.2 Å². The topological polar surface area (TPSA) is 38.1 Å². The maximum absolute atomic E-state index is 5.48. The minimum Gasteiger partial charge on any atom is -0.467 e. The van der Waals surface area contributed by atoms with Crippen LogP contribution < -0.4 is 5.32 Å². The van der Waals surface area contributed by atoms with Crippen LogP contribution in [0, 0.1) is 6.92 Å². The van der Waals surface area contributed by atoms with Crippen LogP contribution in [0.25, 0.3) is 11.3 Å². The molecule has 0 amide bonds. The summed E-state index contributed by atoms with van der Waals surface area (Å²) in [4.78, 5) is 4.51. The summed E-state index contributed by atoms with van der Waals surface area (Å²) < 4.78 is 5.48. The SMILES string of the molecule is CCC(Nc1ccc(-c2csc(C)n2)cc1)c1ccco1. The molecule has 0 bridgehead atoms. The van der Waals surface area contributed by atoms with Gasteiger partial charge in [0.15, 0.2) is 0 Å². The summed E-state index contributed by atoms with van der Waals surface area (Å²) in [6, 6.07) is 12.5. The molecule has 0 aliphatic carbocycles. The third-order valence-electron chi connectivity index (χ3n) is 3.44. The van der Waals surface area contributed by atoms with Gasteiger partial charge in [0.1, 0.15) is 5.76 Å². The maximum Gasteiger partial charge on any atom is 0.125 e. The number of nitrogens with zero attached hydrogens (tertiary/aromatic N) is 1. The molecule has 4 heteroatoms. The Labute approximate surface area is 128 Å². The molecule has 2 heterocycles. The van der Waals surface area contributed by atoms with Gasteiger partial charge in [0.05, 0.1) is 23.0 Å². The van der Waals surface area contributed by atoms with Crippen LogP contribution >= 0.6 is 11.3 Å². The molecule has 0 saturated heterocycles. The third-order valence-corrected chi connectivity index (χ3v) is 4.21. The van der Waals surface area contributed by atoms with Crippen molar-refractivity contribution in [3.05, 3.63) is 58.8 Å². The van der Waals surface area contributed by atoms with Crippen LogP contribution in [-0.4, -0.2) is 4.98 Å². The molecule has 0 spiro atoms. The van der Waals surface area contributed by atoms with Crippen molar-refractivity contribution in [1.29, 1.82) is 0 Å². The molecular formula is C17H18N2OS. The van der Waals surface area contributed by atoms with E-state index in [2.05, 4.69) is 46.9 Å². The van der Waals surface area contributed by atoms with Gasteiger partial charge in [-0.15, -0.1) is 11.3 Å². The van der Waals surface area contributed by atoms with Crippen molar-refractivity contribution in [2.45, 2.75) is 26.3 Å². The molecule has 2 aromatic heterocycles. The zero-order chi connectivity index (χ0) is 14.7. The van der Waals surface area contributed by atoms with Crippen molar-refractivity contribution in [2.75, 3.05) is 5.32 Å². The summed E-state index contributed by atoms with van der Waals surface area (Å²) in [5, 5.41) is 6.69. The zero-order valence-electron chi connectivity index (χ0n) is 12.2. The number of anilines is 1. The van der Waals surface area contributed by atoms with Crippen molar-refractivity contribution in [3.63, 3.8) is 0 Å². The van der Waals surface area contributed by atoms with Crippen molar-refractivity contribution in [1.82, 2.24) is 4.98 Å². The smallest absolute Gasteiger partial charge is 0.125 e. The molecule has 3 aromatic rings. The highest BCUT2D eigenvalue weighted by Crippen LogP contribution is 2.26. The average molecular weight is 298 g/mol. The number of furan rings is 1. The van der Waals surface area contributed by atoms with Crippen LogP contribution in [0.15, 0.2) is 52.5 Å². The van der Waals surface area contributed by atoms with E-state index in [0.29, 0.717) is 0 Å². The predicted octanol–water partition coefficient (Wildman–Crippen LogP) is 5.27. The molecule has 0 fully saturated rings. The minimum absolute atomic E-state index is 0.201. The fraction of sp³-hybridized carbons (Fsp3) is 0.235. The fourth-order valence-electron chi connectivity index (χ4n) is 2.30. The lowest BCUT2D eigenvalue weighted by atomic mass is 10.1. The molecule has 21 heavy (non-hydrogen) atoms. The molecule has 1 N–H and O–H groups in total. The van der Waals surface area contributed by atoms with Gasteiger partial charge in [-0.3, -0.25) is 0 Å². The van der Waals surface area contributed by atoms with E-state index in [1.54, 1.807) is 17.6 Å². The Kier molecular flexibility index (Phi) is 4.06. The van der Waals surface area contributed by atoms with Crippen molar-refractivity contribution >= 4 is 17.0 Å². The fourth-order valence-corrected chi connectivity index (χ4v) is 2.92.